The van der Waals surface area contributed by atoms with Crippen LogP contribution in [0.4, 0.5) is 13.9 Å². The van der Waals surface area contributed by atoms with Crippen LogP contribution in [0.15, 0.2) is 41.8 Å². The summed E-state index contributed by atoms with van der Waals surface area (Å²) in [6, 6.07) is 7.80. The van der Waals surface area contributed by atoms with E-state index in [1.807, 2.05) is 0 Å². The molecule has 25 heavy (non-hydrogen) atoms. The molecule has 1 heterocycles. The van der Waals surface area contributed by atoms with Crippen LogP contribution in [-0.4, -0.2) is 18.0 Å². The zero-order valence-corrected chi connectivity index (χ0v) is 14.4. The summed E-state index contributed by atoms with van der Waals surface area (Å²) in [7, 11) is 1.52. The van der Waals surface area contributed by atoms with Crippen LogP contribution < -0.4 is 10.1 Å². The van der Waals surface area contributed by atoms with Crippen molar-refractivity contribution in [3.63, 3.8) is 0 Å². The Morgan fingerprint density at radius 3 is 2.56 bits per heavy atom. The second-order valence-electron chi connectivity index (χ2n) is 5.00. The van der Waals surface area contributed by atoms with Crippen molar-refractivity contribution in [2.75, 3.05) is 12.4 Å². The minimum atomic E-state index is -0.821. The molecule has 0 radical (unpaired) electrons. The monoisotopic (exact) mass is 380 g/mol. The second kappa shape index (κ2) is 7.16. The number of benzene rings is 2. The normalized spacial score (nSPS) is 10.6. The molecule has 0 spiro atoms. The third-order valence-corrected chi connectivity index (χ3v) is 4.35. The first-order valence-electron chi connectivity index (χ1n) is 7.03. The highest BCUT2D eigenvalue weighted by Gasteiger charge is 2.13. The van der Waals surface area contributed by atoms with Crippen molar-refractivity contribution < 1.29 is 18.3 Å². The third-order valence-electron chi connectivity index (χ3n) is 3.30. The molecular formula is C17H11ClF2N2O2S. The number of ether oxygens (including phenoxy) is 1. The summed E-state index contributed by atoms with van der Waals surface area (Å²) in [5.74, 6) is -1.75. The standard InChI is InChI=1S/C17H11ClF2N2O2S/c1-24-15-3-2-9(6-13(15)18)14-8-25-17(21-14)22-16(23)10-4-11(19)7-12(20)5-10/h2-8H,1H3,(H,21,22,23). The van der Waals surface area contributed by atoms with Gasteiger partial charge in [0, 0.05) is 22.6 Å². The molecule has 1 aromatic heterocycles. The van der Waals surface area contributed by atoms with E-state index >= 15 is 0 Å². The Hall–Kier alpha value is -2.51. The van der Waals surface area contributed by atoms with Gasteiger partial charge in [0.2, 0.25) is 0 Å². The first kappa shape index (κ1) is 17.3. The SMILES string of the molecule is COc1ccc(-c2csc(NC(=O)c3cc(F)cc(F)c3)n2)cc1Cl. The Morgan fingerprint density at radius 2 is 1.92 bits per heavy atom. The number of nitrogens with zero attached hydrogens (tertiary/aromatic N) is 1. The number of halogens is 3. The Bertz CT molecular complexity index is 926. The van der Waals surface area contributed by atoms with E-state index in [2.05, 4.69) is 10.3 Å². The molecule has 1 N–H and O–H groups in total. The lowest BCUT2D eigenvalue weighted by atomic mass is 10.2. The molecule has 3 aromatic rings. The number of methoxy groups -OCH3 is 1. The molecule has 3 rings (SSSR count). The average Bonchev–Trinajstić information content (AvgIpc) is 3.02. The fourth-order valence-corrected chi connectivity index (χ4v) is 3.12. The largest absolute Gasteiger partial charge is 0.495 e. The maximum Gasteiger partial charge on any atom is 0.257 e. The molecular weight excluding hydrogens is 370 g/mol. The lowest BCUT2D eigenvalue weighted by Gasteiger charge is -2.04. The lowest BCUT2D eigenvalue weighted by molar-refractivity contribution is 0.102. The molecule has 0 fully saturated rings. The van der Waals surface area contributed by atoms with Crippen molar-refractivity contribution in [1.82, 2.24) is 4.98 Å². The van der Waals surface area contributed by atoms with Gasteiger partial charge < -0.3 is 4.74 Å². The molecule has 0 atom stereocenters. The fourth-order valence-electron chi connectivity index (χ4n) is 2.14. The highest BCUT2D eigenvalue weighted by molar-refractivity contribution is 7.14. The molecule has 8 heteroatoms. The molecule has 0 aliphatic heterocycles. The minimum absolute atomic E-state index is 0.123. The number of aromatic nitrogens is 1. The van der Waals surface area contributed by atoms with Gasteiger partial charge >= 0.3 is 0 Å². The topological polar surface area (TPSA) is 51.2 Å². The van der Waals surface area contributed by atoms with E-state index in [4.69, 9.17) is 16.3 Å². The van der Waals surface area contributed by atoms with Crippen LogP contribution in [0.25, 0.3) is 11.3 Å². The molecule has 0 saturated heterocycles. The highest BCUT2D eigenvalue weighted by atomic mass is 35.5. The molecule has 0 saturated carbocycles. The number of thiazole rings is 1. The van der Waals surface area contributed by atoms with Crippen molar-refractivity contribution >= 4 is 34.0 Å². The number of hydrogen-bond acceptors (Lipinski definition) is 4. The van der Waals surface area contributed by atoms with E-state index in [1.54, 1.807) is 23.6 Å². The number of anilines is 1. The quantitative estimate of drug-likeness (QED) is 0.692. The number of amides is 1. The van der Waals surface area contributed by atoms with Crippen LogP contribution in [-0.2, 0) is 0 Å². The van der Waals surface area contributed by atoms with E-state index in [-0.39, 0.29) is 5.56 Å². The Morgan fingerprint density at radius 1 is 1.20 bits per heavy atom. The van der Waals surface area contributed by atoms with Crippen molar-refractivity contribution in [3.05, 3.63) is 64.0 Å². The van der Waals surface area contributed by atoms with Crippen LogP contribution in [0.1, 0.15) is 10.4 Å². The first-order valence-corrected chi connectivity index (χ1v) is 8.29. The highest BCUT2D eigenvalue weighted by Crippen LogP contribution is 2.31. The van der Waals surface area contributed by atoms with Gasteiger partial charge in [-0.2, -0.15) is 0 Å². The Labute approximate surface area is 151 Å². The molecule has 0 unspecified atom stereocenters. The summed E-state index contributed by atoms with van der Waals surface area (Å²) < 4.78 is 31.5. The Kier molecular flexibility index (Phi) is 4.96. The van der Waals surface area contributed by atoms with Crippen LogP contribution in [0.3, 0.4) is 0 Å². The predicted molar refractivity (Wildman–Crippen MR) is 93.4 cm³/mol. The summed E-state index contributed by atoms with van der Waals surface area (Å²) in [4.78, 5) is 16.4. The second-order valence-corrected chi connectivity index (χ2v) is 6.26. The molecule has 0 aliphatic rings. The summed E-state index contributed by atoms with van der Waals surface area (Å²) in [6.45, 7) is 0. The van der Waals surface area contributed by atoms with Crippen molar-refractivity contribution in [2.45, 2.75) is 0 Å². The molecule has 4 nitrogen and oxygen atoms in total. The number of nitrogens with one attached hydrogen (secondary N) is 1. The average molecular weight is 381 g/mol. The van der Waals surface area contributed by atoms with Crippen molar-refractivity contribution in [2.24, 2.45) is 0 Å². The maximum absolute atomic E-state index is 13.2. The maximum atomic E-state index is 13.2. The van der Waals surface area contributed by atoms with Crippen LogP contribution in [0.5, 0.6) is 5.75 Å². The lowest BCUT2D eigenvalue weighted by Crippen LogP contribution is -2.12. The summed E-state index contributed by atoms with van der Waals surface area (Å²) in [6.07, 6.45) is 0. The van der Waals surface area contributed by atoms with Gasteiger partial charge in [0.15, 0.2) is 5.13 Å². The van der Waals surface area contributed by atoms with E-state index in [0.717, 1.165) is 17.7 Å². The van der Waals surface area contributed by atoms with Gasteiger partial charge in [0.25, 0.3) is 5.91 Å². The van der Waals surface area contributed by atoms with Crippen LogP contribution in [0.2, 0.25) is 5.02 Å². The Balaban J connectivity index is 1.79. The van der Waals surface area contributed by atoms with Gasteiger partial charge in [-0.25, -0.2) is 13.8 Å². The van der Waals surface area contributed by atoms with E-state index in [0.29, 0.717) is 27.7 Å². The van der Waals surface area contributed by atoms with Gasteiger partial charge in [-0.3, -0.25) is 10.1 Å². The van der Waals surface area contributed by atoms with E-state index in [1.165, 1.54) is 18.4 Å². The zero-order chi connectivity index (χ0) is 18.0. The van der Waals surface area contributed by atoms with Crippen LogP contribution >= 0.6 is 22.9 Å². The van der Waals surface area contributed by atoms with Crippen molar-refractivity contribution in [3.8, 4) is 17.0 Å². The summed E-state index contributed by atoms with van der Waals surface area (Å²) >= 11 is 7.28. The number of hydrogen-bond donors (Lipinski definition) is 1. The minimum Gasteiger partial charge on any atom is -0.495 e. The number of rotatable bonds is 4. The van der Waals surface area contributed by atoms with Gasteiger partial charge in [-0.15, -0.1) is 11.3 Å². The zero-order valence-electron chi connectivity index (χ0n) is 12.8. The van der Waals surface area contributed by atoms with Gasteiger partial charge in [-0.05, 0) is 30.3 Å². The fraction of sp³-hybridized carbons (Fsp3) is 0.0588. The molecule has 0 bridgehead atoms. The summed E-state index contributed by atoms with van der Waals surface area (Å²) in [5.41, 5.74) is 1.23. The molecule has 1 amide bonds. The predicted octanol–water partition coefficient (Wildman–Crippen LogP) is 5.00. The van der Waals surface area contributed by atoms with Crippen LogP contribution in [0, 0.1) is 11.6 Å². The summed E-state index contributed by atoms with van der Waals surface area (Å²) in [5, 5.41) is 4.99. The smallest absolute Gasteiger partial charge is 0.257 e. The first-order chi connectivity index (χ1) is 12.0. The van der Waals surface area contributed by atoms with E-state index < -0.39 is 17.5 Å². The van der Waals surface area contributed by atoms with Gasteiger partial charge in [0.1, 0.15) is 17.4 Å². The van der Waals surface area contributed by atoms with E-state index in [9.17, 15) is 13.6 Å². The number of carbonyl (C=O) groups is 1. The third kappa shape index (κ3) is 3.94. The van der Waals surface area contributed by atoms with Crippen molar-refractivity contribution in [1.29, 1.82) is 0 Å². The number of carbonyl (C=O) groups excluding carboxylic acids is 1. The van der Waals surface area contributed by atoms with Gasteiger partial charge in [0.05, 0.1) is 17.8 Å². The molecule has 2 aromatic carbocycles. The van der Waals surface area contributed by atoms with Gasteiger partial charge in [-0.1, -0.05) is 11.6 Å². The molecule has 0 aliphatic carbocycles. The molecule has 128 valence electrons.